The Morgan fingerprint density at radius 2 is 0.698 bits per heavy atom. The van der Waals surface area contributed by atoms with Gasteiger partial charge < -0.3 is 4.42 Å². The van der Waals surface area contributed by atoms with Gasteiger partial charge in [-0.3, -0.25) is 0 Å². The Balaban J connectivity index is 1.09. The van der Waals surface area contributed by atoms with Crippen molar-refractivity contribution < 1.29 is 4.42 Å². The monoisotopic (exact) mass is 672 g/mol. The molecule has 1 heteroatoms. The summed E-state index contributed by atoms with van der Waals surface area (Å²) in [5.41, 5.74) is 11.6. The molecule has 1 aromatic heterocycles. The van der Waals surface area contributed by atoms with Gasteiger partial charge in [0.1, 0.15) is 11.2 Å². The van der Waals surface area contributed by atoms with Crippen LogP contribution in [0.25, 0.3) is 110 Å². The predicted molar refractivity (Wildman–Crippen MR) is 225 cm³/mol. The third kappa shape index (κ3) is 4.79. The van der Waals surface area contributed by atoms with Gasteiger partial charge in [0.15, 0.2) is 0 Å². The van der Waals surface area contributed by atoms with Crippen molar-refractivity contribution in [2.45, 2.75) is 0 Å². The van der Waals surface area contributed by atoms with E-state index in [9.17, 15) is 0 Å². The van der Waals surface area contributed by atoms with Crippen LogP contribution in [-0.2, 0) is 0 Å². The van der Waals surface area contributed by atoms with E-state index in [2.05, 4.69) is 194 Å². The fourth-order valence-electron chi connectivity index (χ4n) is 8.55. The third-order valence-corrected chi connectivity index (χ3v) is 11.0. The van der Waals surface area contributed by atoms with E-state index in [1.165, 1.54) is 93.0 Å². The molecular formula is C52H32O. The molecule has 246 valence electrons. The van der Waals surface area contributed by atoms with Crippen LogP contribution in [0.5, 0.6) is 0 Å². The molecule has 0 bridgehead atoms. The minimum atomic E-state index is 0.911. The third-order valence-electron chi connectivity index (χ3n) is 11.0. The Hall–Kier alpha value is -6.96. The first-order chi connectivity index (χ1) is 26.3. The normalized spacial score (nSPS) is 11.8. The number of benzene rings is 10. The maximum Gasteiger partial charge on any atom is 0.136 e. The standard InChI is InChI=1S/C52H32O/c1-2-13-35-29-38(24-23-33(35)11-1)36-14-9-16-40(30-36)50-43-19-5-7-21-45(43)51(46-22-8-6-20-44(46)50)41-17-10-15-37(31-41)39-26-27-48-47(32-39)52-42-18-4-3-12-34(42)25-28-49(52)53-48/h1-32H. The van der Waals surface area contributed by atoms with E-state index in [4.69, 9.17) is 4.42 Å². The molecule has 0 fully saturated rings. The van der Waals surface area contributed by atoms with Crippen LogP contribution in [0.15, 0.2) is 199 Å². The first-order valence-electron chi connectivity index (χ1n) is 18.2. The summed E-state index contributed by atoms with van der Waals surface area (Å²) in [4.78, 5) is 0. The zero-order valence-corrected chi connectivity index (χ0v) is 28.9. The molecule has 11 aromatic rings. The van der Waals surface area contributed by atoms with Gasteiger partial charge in [0.2, 0.25) is 0 Å². The maximum atomic E-state index is 6.34. The highest BCUT2D eigenvalue weighted by molar-refractivity contribution is 6.22. The second-order valence-corrected chi connectivity index (χ2v) is 14.0. The molecule has 53 heavy (non-hydrogen) atoms. The fraction of sp³-hybridized carbons (Fsp3) is 0. The van der Waals surface area contributed by atoms with Crippen molar-refractivity contribution >= 4 is 65.0 Å². The number of hydrogen-bond acceptors (Lipinski definition) is 1. The highest BCUT2D eigenvalue weighted by Crippen LogP contribution is 2.45. The largest absolute Gasteiger partial charge is 0.456 e. The summed E-state index contributed by atoms with van der Waals surface area (Å²) in [5, 5.41) is 12.3. The summed E-state index contributed by atoms with van der Waals surface area (Å²) in [7, 11) is 0. The Labute approximate surface area is 307 Å². The van der Waals surface area contributed by atoms with Gasteiger partial charge in [0.25, 0.3) is 0 Å². The maximum absolute atomic E-state index is 6.34. The Morgan fingerprint density at radius 1 is 0.245 bits per heavy atom. The zero-order valence-electron chi connectivity index (χ0n) is 28.9. The lowest BCUT2D eigenvalue weighted by molar-refractivity contribution is 0.669. The van der Waals surface area contributed by atoms with E-state index in [0.717, 1.165) is 16.6 Å². The zero-order chi connectivity index (χ0) is 34.9. The highest BCUT2D eigenvalue weighted by atomic mass is 16.3. The van der Waals surface area contributed by atoms with Crippen molar-refractivity contribution in [3.05, 3.63) is 194 Å². The van der Waals surface area contributed by atoms with E-state index in [1.54, 1.807) is 0 Å². The molecule has 11 rings (SSSR count). The van der Waals surface area contributed by atoms with E-state index in [1.807, 2.05) is 0 Å². The summed E-state index contributed by atoms with van der Waals surface area (Å²) in [6, 6.07) is 70.7. The molecule has 10 aromatic carbocycles. The minimum Gasteiger partial charge on any atom is -0.456 e. The SMILES string of the molecule is c1cc(-c2ccc3ccccc3c2)cc(-c2c3ccccc3c(-c3cccc(-c4ccc5oc6ccc7ccccc7c6c5c4)c3)c3ccccc23)c1. The average molecular weight is 673 g/mol. The topological polar surface area (TPSA) is 13.1 Å². The van der Waals surface area contributed by atoms with E-state index in [0.29, 0.717) is 0 Å². The molecule has 0 N–H and O–H groups in total. The van der Waals surface area contributed by atoms with Crippen LogP contribution in [-0.4, -0.2) is 0 Å². The van der Waals surface area contributed by atoms with Gasteiger partial charge in [-0.2, -0.15) is 0 Å². The molecular weight excluding hydrogens is 641 g/mol. The molecule has 0 unspecified atom stereocenters. The van der Waals surface area contributed by atoms with Crippen molar-refractivity contribution in [2.24, 2.45) is 0 Å². The van der Waals surface area contributed by atoms with E-state index in [-0.39, 0.29) is 0 Å². The van der Waals surface area contributed by atoms with Crippen molar-refractivity contribution in [3.63, 3.8) is 0 Å². The first kappa shape index (κ1) is 29.7. The van der Waals surface area contributed by atoms with Crippen molar-refractivity contribution in [1.82, 2.24) is 0 Å². The lowest BCUT2D eigenvalue weighted by atomic mass is 9.85. The summed E-state index contributed by atoms with van der Waals surface area (Å²) < 4.78 is 6.34. The van der Waals surface area contributed by atoms with Crippen LogP contribution in [0, 0.1) is 0 Å². The molecule has 0 amide bonds. The molecule has 1 nitrogen and oxygen atoms in total. The molecule has 0 atom stereocenters. The second-order valence-electron chi connectivity index (χ2n) is 14.0. The molecule has 0 saturated carbocycles. The van der Waals surface area contributed by atoms with Crippen LogP contribution >= 0.6 is 0 Å². The number of furan rings is 1. The second kappa shape index (κ2) is 11.8. The van der Waals surface area contributed by atoms with Gasteiger partial charge in [0.05, 0.1) is 0 Å². The van der Waals surface area contributed by atoms with Gasteiger partial charge >= 0.3 is 0 Å². The van der Waals surface area contributed by atoms with Gasteiger partial charge in [-0.1, -0.05) is 158 Å². The van der Waals surface area contributed by atoms with Gasteiger partial charge in [-0.25, -0.2) is 0 Å². The minimum absolute atomic E-state index is 0.911. The summed E-state index contributed by atoms with van der Waals surface area (Å²) in [6.45, 7) is 0. The Kier molecular flexibility index (Phi) is 6.62. The molecule has 0 aliphatic heterocycles. The van der Waals surface area contributed by atoms with E-state index < -0.39 is 0 Å². The quantitative estimate of drug-likeness (QED) is 0.170. The number of hydrogen-bond donors (Lipinski definition) is 0. The average Bonchev–Trinajstić information content (AvgIpc) is 3.61. The first-order valence-corrected chi connectivity index (χ1v) is 18.2. The van der Waals surface area contributed by atoms with Gasteiger partial charge in [-0.05, 0) is 124 Å². The molecule has 1 heterocycles. The van der Waals surface area contributed by atoms with Crippen LogP contribution in [0.4, 0.5) is 0 Å². The van der Waals surface area contributed by atoms with Crippen LogP contribution < -0.4 is 0 Å². The smallest absolute Gasteiger partial charge is 0.136 e. The van der Waals surface area contributed by atoms with Crippen LogP contribution in [0.2, 0.25) is 0 Å². The molecule has 0 spiro atoms. The predicted octanol–water partition coefficient (Wildman–Crippen LogP) is 14.9. The van der Waals surface area contributed by atoms with Crippen molar-refractivity contribution in [1.29, 1.82) is 0 Å². The van der Waals surface area contributed by atoms with Crippen LogP contribution in [0.3, 0.4) is 0 Å². The number of fused-ring (bicyclic) bond motifs is 8. The molecule has 0 radical (unpaired) electrons. The van der Waals surface area contributed by atoms with Gasteiger partial charge in [-0.15, -0.1) is 0 Å². The summed E-state index contributed by atoms with van der Waals surface area (Å²) in [6.07, 6.45) is 0. The summed E-state index contributed by atoms with van der Waals surface area (Å²) in [5.74, 6) is 0. The Morgan fingerprint density at radius 3 is 1.34 bits per heavy atom. The highest BCUT2D eigenvalue weighted by Gasteiger charge is 2.18. The summed E-state index contributed by atoms with van der Waals surface area (Å²) >= 11 is 0. The Bertz CT molecular complexity index is 3180. The fourth-order valence-corrected chi connectivity index (χ4v) is 8.55. The van der Waals surface area contributed by atoms with E-state index >= 15 is 0 Å². The van der Waals surface area contributed by atoms with Crippen molar-refractivity contribution in [2.75, 3.05) is 0 Å². The molecule has 0 aliphatic rings. The lowest BCUT2D eigenvalue weighted by Gasteiger charge is -2.18. The lowest BCUT2D eigenvalue weighted by Crippen LogP contribution is -1.91. The van der Waals surface area contributed by atoms with Crippen LogP contribution in [0.1, 0.15) is 0 Å². The van der Waals surface area contributed by atoms with Gasteiger partial charge in [0, 0.05) is 10.8 Å². The molecule has 0 saturated heterocycles. The number of rotatable bonds is 4. The molecule has 0 aliphatic carbocycles. The van der Waals surface area contributed by atoms with Crippen molar-refractivity contribution in [3.8, 4) is 44.5 Å².